The van der Waals surface area contributed by atoms with Crippen LogP contribution in [-0.4, -0.2) is 44.0 Å². The van der Waals surface area contributed by atoms with Crippen molar-refractivity contribution in [2.45, 2.75) is 186 Å². The van der Waals surface area contributed by atoms with E-state index in [2.05, 4.69) is 42.3 Å². The minimum absolute atomic E-state index is 0.0918. The normalized spacial score (nSPS) is 11.5. The molecule has 6 heteroatoms. The van der Waals surface area contributed by atoms with Crippen LogP contribution in [0.5, 0.6) is 0 Å². The molecule has 1 amide bonds. The van der Waals surface area contributed by atoms with Crippen LogP contribution in [0, 0.1) is 0 Å². The monoisotopic (exact) mass is 686 g/mol. The fourth-order valence-corrected chi connectivity index (χ4v) is 6.00. The summed E-state index contributed by atoms with van der Waals surface area (Å²) in [6.07, 6.45) is 35.0. The maximum absolute atomic E-state index is 12.4. The van der Waals surface area contributed by atoms with Crippen LogP contribution in [0.25, 0.3) is 0 Å². The second-order valence-corrected chi connectivity index (χ2v) is 14.1. The van der Waals surface area contributed by atoms with E-state index in [1.165, 1.54) is 96.3 Å². The Bertz CT molecular complexity index is 840. The molecule has 0 bridgehead atoms. The predicted molar refractivity (Wildman–Crippen MR) is 213 cm³/mol. The van der Waals surface area contributed by atoms with Gasteiger partial charge in [0.2, 0.25) is 5.91 Å². The zero-order chi connectivity index (χ0) is 36.0. The molecule has 49 heavy (non-hydrogen) atoms. The lowest BCUT2D eigenvalue weighted by molar-refractivity contribution is -0.121. The first kappa shape index (κ1) is 46.7. The number of ether oxygens (including phenoxy) is 1. The van der Waals surface area contributed by atoms with Gasteiger partial charge in [-0.15, -0.1) is 13.2 Å². The lowest BCUT2D eigenvalue weighted by Crippen LogP contribution is -2.30. The van der Waals surface area contributed by atoms with E-state index in [1.807, 2.05) is 12.2 Å². The van der Waals surface area contributed by atoms with Gasteiger partial charge in [0.15, 0.2) is 0 Å². The predicted octanol–water partition coefficient (Wildman–Crippen LogP) is 11.2. The average molecular weight is 686 g/mol. The summed E-state index contributed by atoms with van der Waals surface area (Å²) in [5.41, 5.74) is 2.16. The average Bonchev–Trinajstić information content (AvgIpc) is 3.08. The van der Waals surface area contributed by atoms with Gasteiger partial charge < -0.3 is 25.5 Å². The first-order valence-corrected chi connectivity index (χ1v) is 20.3. The largest absolute Gasteiger partial charge is 0.387 e. The van der Waals surface area contributed by atoms with Crippen molar-refractivity contribution in [2.75, 3.05) is 26.3 Å². The van der Waals surface area contributed by atoms with Gasteiger partial charge in [-0.05, 0) is 71.1 Å². The van der Waals surface area contributed by atoms with Gasteiger partial charge in [-0.1, -0.05) is 122 Å². The van der Waals surface area contributed by atoms with E-state index in [0.717, 1.165) is 108 Å². The zero-order valence-corrected chi connectivity index (χ0v) is 32.2. The molecular formula is C43H79N3O3. The highest BCUT2D eigenvalue weighted by molar-refractivity contribution is 5.76. The molecule has 1 atom stereocenters. The molecule has 0 saturated heterocycles. The summed E-state index contributed by atoms with van der Waals surface area (Å²) >= 11 is 0. The van der Waals surface area contributed by atoms with Gasteiger partial charge in [0, 0.05) is 50.0 Å². The van der Waals surface area contributed by atoms with E-state index in [-0.39, 0.29) is 11.9 Å². The third kappa shape index (κ3) is 36.8. The standard InChI is InChI=1S/C43H79N3O3/c1-6-8-9-29-37-49-38-36-44-39(3)30-25-22-20-24-28-35-45-43(48)34-33-42(7-2)46-40(4)31-26-21-18-16-14-12-10-11-13-15-17-19-23-27-32-41(5)47/h6-7,42,44,46H,1-4,8-38H2,5H3,(H,45,48). The molecule has 0 aromatic rings. The Kier molecular flexibility index (Phi) is 35.2. The lowest BCUT2D eigenvalue weighted by atomic mass is 10.0. The summed E-state index contributed by atoms with van der Waals surface area (Å²) in [6.45, 7) is 20.9. The first-order chi connectivity index (χ1) is 23.9. The van der Waals surface area contributed by atoms with Crippen molar-refractivity contribution < 1.29 is 14.3 Å². The van der Waals surface area contributed by atoms with Gasteiger partial charge in [-0.3, -0.25) is 4.79 Å². The van der Waals surface area contributed by atoms with Crippen LogP contribution in [0.15, 0.2) is 49.9 Å². The van der Waals surface area contributed by atoms with E-state index in [4.69, 9.17) is 4.74 Å². The van der Waals surface area contributed by atoms with Crippen molar-refractivity contribution in [1.82, 2.24) is 16.0 Å². The molecule has 0 radical (unpaired) electrons. The van der Waals surface area contributed by atoms with Gasteiger partial charge in [0.05, 0.1) is 6.61 Å². The minimum atomic E-state index is 0.0918. The molecule has 1 unspecified atom stereocenters. The van der Waals surface area contributed by atoms with Crippen molar-refractivity contribution in [1.29, 1.82) is 0 Å². The SMILES string of the molecule is C=CCCCCOCCNC(=C)CCCCCCCNC(=O)CCC(C=C)NC(=C)CCCCCCCCCCCCCCCCC(C)=O. The third-order valence-corrected chi connectivity index (χ3v) is 9.16. The highest BCUT2D eigenvalue weighted by Crippen LogP contribution is 2.15. The molecule has 0 saturated carbocycles. The van der Waals surface area contributed by atoms with Crippen LogP contribution >= 0.6 is 0 Å². The Morgan fingerprint density at radius 3 is 1.61 bits per heavy atom. The number of Topliss-reactive ketones (excluding diaryl/α,β-unsaturated/α-hetero) is 1. The van der Waals surface area contributed by atoms with Crippen LogP contribution in [0.3, 0.4) is 0 Å². The molecule has 0 rings (SSSR count). The number of amides is 1. The van der Waals surface area contributed by atoms with Crippen molar-refractivity contribution in [3.63, 3.8) is 0 Å². The van der Waals surface area contributed by atoms with Gasteiger partial charge >= 0.3 is 0 Å². The summed E-state index contributed by atoms with van der Waals surface area (Å²) in [6, 6.07) is 0.0918. The van der Waals surface area contributed by atoms with Crippen LogP contribution < -0.4 is 16.0 Å². The summed E-state index contributed by atoms with van der Waals surface area (Å²) in [7, 11) is 0. The van der Waals surface area contributed by atoms with E-state index in [1.54, 1.807) is 6.92 Å². The Morgan fingerprint density at radius 1 is 0.571 bits per heavy atom. The van der Waals surface area contributed by atoms with Crippen molar-refractivity contribution in [2.24, 2.45) is 0 Å². The minimum Gasteiger partial charge on any atom is -0.387 e. The van der Waals surface area contributed by atoms with Gasteiger partial charge in [0.25, 0.3) is 0 Å². The van der Waals surface area contributed by atoms with E-state index >= 15 is 0 Å². The summed E-state index contributed by atoms with van der Waals surface area (Å²) < 4.78 is 5.64. The highest BCUT2D eigenvalue weighted by Gasteiger charge is 2.09. The second kappa shape index (κ2) is 36.9. The summed E-state index contributed by atoms with van der Waals surface area (Å²) in [5.74, 6) is 0.452. The molecule has 6 nitrogen and oxygen atoms in total. The molecule has 0 heterocycles. The maximum Gasteiger partial charge on any atom is 0.220 e. The number of hydrogen-bond donors (Lipinski definition) is 3. The van der Waals surface area contributed by atoms with E-state index < -0.39 is 0 Å². The van der Waals surface area contributed by atoms with Crippen LogP contribution in [0.2, 0.25) is 0 Å². The quantitative estimate of drug-likeness (QED) is 0.0442. The number of ketones is 1. The Balaban J connectivity index is 3.55. The third-order valence-electron chi connectivity index (χ3n) is 9.16. The van der Waals surface area contributed by atoms with E-state index in [0.29, 0.717) is 12.2 Å². The molecule has 0 fully saturated rings. The fourth-order valence-electron chi connectivity index (χ4n) is 6.00. The number of unbranched alkanes of at least 4 members (excludes halogenated alkanes) is 19. The summed E-state index contributed by atoms with van der Waals surface area (Å²) in [4.78, 5) is 23.3. The Labute approximate surface area is 303 Å². The number of carbonyl (C=O) groups is 2. The molecular weight excluding hydrogens is 606 g/mol. The number of carbonyl (C=O) groups excluding carboxylic acids is 2. The van der Waals surface area contributed by atoms with Crippen molar-refractivity contribution >= 4 is 11.7 Å². The molecule has 284 valence electrons. The van der Waals surface area contributed by atoms with Crippen LogP contribution in [0.1, 0.15) is 180 Å². The van der Waals surface area contributed by atoms with Crippen LogP contribution in [-0.2, 0) is 14.3 Å². The lowest BCUT2D eigenvalue weighted by Gasteiger charge is -2.18. The van der Waals surface area contributed by atoms with Crippen molar-refractivity contribution in [3.05, 3.63) is 49.9 Å². The molecule has 0 spiro atoms. The fraction of sp³-hybridized carbons (Fsp3) is 0.767. The summed E-state index contributed by atoms with van der Waals surface area (Å²) in [5, 5.41) is 9.94. The topological polar surface area (TPSA) is 79.5 Å². The zero-order valence-electron chi connectivity index (χ0n) is 32.2. The molecule has 0 aromatic heterocycles. The molecule has 3 N–H and O–H groups in total. The van der Waals surface area contributed by atoms with E-state index in [9.17, 15) is 9.59 Å². The number of rotatable bonds is 40. The molecule has 0 aromatic carbocycles. The first-order valence-electron chi connectivity index (χ1n) is 20.3. The highest BCUT2D eigenvalue weighted by atomic mass is 16.5. The van der Waals surface area contributed by atoms with Gasteiger partial charge in [-0.2, -0.15) is 0 Å². The van der Waals surface area contributed by atoms with Gasteiger partial charge in [0.1, 0.15) is 5.78 Å². The molecule has 0 aliphatic heterocycles. The maximum atomic E-state index is 12.4. The Morgan fingerprint density at radius 2 is 1.08 bits per heavy atom. The van der Waals surface area contributed by atoms with Gasteiger partial charge in [-0.25, -0.2) is 0 Å². The number of hydrogen-bond acceptors (Lipinski definition) is 5. The molecule has 0 aliphatic rings. The second-order valence-electron chi connectivity index (χ2n) is 14.1. The number of allylic oxidation sites excluding steroid dienone is 3. The number of nitrogens with one attached hydrogen (secondary N) is 3. The van der Waals surface area contributed by atoms with Crippen LogP contribution in [0.4, 0.5) is 0 Å². The van der Waals surface area contributed by atoms with Crippen molar-refractivity contribution in [3.8, 4) is 0 Å². The molecule has 0 aliphatic carbocycles. The Hall–Kier alpha value is -2.34. The smallest absolute Gasteiger partial charge is 0.220 e.